The number of halogens is 3. The molecule has 1 atom stereocenters. The van der Waals surface area contributed by atoms with Crippen LogP contribution in [0.4, 0.5) is 18.9 Å². The Morgan fingerprint density at radius 3 is 2.53 bits per heavy atom. The van der Waals surface area contributed by atoms with E-state index in [1.807, 2.05) is 17.2 Å². The molecular weight excluding hydrogens is 441 g/mol. The van der Waals surface area contributed by atoms with Crippen LogP contribution in [-0.4, -0.2) is 46.5 Å². The summed E-state index contributed by atoms with van der Waals surface area (Å²) in [7, 11) is 0. The van der Waals surface area contributed by atoms with Gasteiger partial charge in [-0.15, -0.1) is 0 Å². The Morgan fingerprint density at radius 1 is 1.03 bits per heavy atom. The fourth-order valence-corrected chi connectivity index (χ4v) is 5.05. The normalized spacial score (nSPS) is 18.6. The summed E-state index contributed by atoms with van der Waals surface area (Å²) in [6.07, 6.45) is -0.672. The van der Waals surface area contributed by atoms with Gasteiger partial charge in [0, 0.05) is 56.9 Å². The van der Waals surface area contributed by atoms with Crippen LogP contribution in [0.3, 0.4) is 0 Å². The minimum atomic E-state index is -4.37. The second-order valence-corrected chi connectivity index (χ2v) is 9.11. The number of alkyl halides is 3. The maximum atomic E-state index is 13.1. The highest BCUT2D eigenvalue weighted by molar-refractivity contribution is 5.92. The average molecular weight is 469 g/mol. The van der Waals surface area contributed by atoms with Crippen LogP contribution in [0.5, 0.6) is 0 Å². The molecule has 0 saturated carbocycles. The number of hydrogen-bond acceptors (Lipinski definition) is 3. The van der Waals surface area contributed by atoms with Crippen LogP contribution >= 0.6 is 0 Å². The third-order valence-electron chi connectivity index (χ3n) is 6.95. The summed E-state index contributed by atoms with van der Waals surface area (Å²) in [4.78, 5) is 21.4. The molecule has 0 radical (unpaired) electrons. The Labute approximate surface area is 196 Å². The molecule has 2 aromatic carbocycles. The van der Waals surface area contributed by atoms with Gasteiger partial charge in [-0.1, -0.05) is 30.3 Å². The van der Waals surface area contributed by atoms with Gasteiger partial charge in [0.15, 0.2) is 0 Å². The van der Waals surface area contributed by atoms with Crippen molar-refractivity contribution in [1.82, 2.24) is 14.5 Å². The molecule has 34 heavy (non-hydrogen) atoms. The van der Waals surface area contributed by atoms with E-state index in [0.717, 1.165) is 31.3 Å². The van der Waals surface area contributed by atoms with Gasteiger partial charge in [-0.25, -0.2) is 4.98 Å². The summed E-state index contributed by atoms with van der Waals surface area (Å²) < 4.78 is 41.2. The zero-order valence-electron chi connectivity index (χ0n) is 19.1. The number of imidazole rings is 1. The van der Waals surface area contributed by atoms with E-state index in [2.05, 4.69) is 34.7 Å². The lowest BCUT2D eigenvalue weighted by atomic mass is 9.89. The van der Waals surface area contributed by atoms with E-state index in [-0.39, 0.29) is 5.91 Å². The largest absolute Gasteiger partial charge is 0.416 e. The molecule has 1 fully saturated rings. The van der Waals surface area contributed by atoms with Crippen LogP contribution in [-0.2, 0) is 19.1 Å². The molecule has 5 nitrogen and oxygen atoms in total. The minimum Gasteiger partial charge on any atom is -0.368 e. The molecule has 0 unspecified atom stereocenters. The van der Waals surface area contributed by atoms with Crippen molar-refractivity contribution in [3.8, 4) is 0 Å². The van der Waals surface area contributed by atoms with Gasteiger partial charge in [-0.2, -0.15) is 13.2 Å². The Bertz CT molecular complexity index is 1190. The highest BCUT2D eigenvalue weighted by Crippen LogP contribution is 2.33. The summed E-state index contributed by atoms with van der Waals surface area (Å²) in [6, 6.07) is 13.8. The number of fused-ring (bicyclic) bond motifs is 1. The van der Waals surface area contributed by atoms with Crippen LogP contribution in [0, 0.1) is 6.92 Å². The van der Waals surface area contributed by atoms with E-state index in [9.17, 15) is 18.0 Å². The number of carbonyl (C=O) groups is 1. The number of nitrogens with zero attached hydrogens (tertiary/aromatic N) is 4. The predicted octanol–water partition coefficient (Wildman–Crippen LogP) is 4.90. The van der Waals surface area contributed by atoms with Gasteiger partial charge in [0.1, 0.15) is 11.5 Å². The molecule has 5 rings (SSSR count). The Balaban J connectivity index is 1.24. The Morgan fingerprint density at radius 2 is 1.79 bits per heavy atom. The number of aromatic nitrogens is 2. The standard InChI is InChI=1S/C26H27F3N4O/c1-18-5-2-3-8-22(18)19-9-10-24-30-23(17-33(24)16-19)25(34)32-13-11-31(12-14-32)21-7-4-6-20(15-21)26(27,28)29/h2-8,15,17,19H,9-14,16H2,1H3/t19-/m0/s1. The van der Waals surface area contributed by atoms with Crippen LogP contribution < -0.4 is 4.90 Å². The molecule has 0 spiro atoms. The fraction of sp³-hybridized carbons (Fsp3) is 0.385. The van der Waals surface area contributed by atoms with Crippen LogP contribution in [0.2, 0.25) is 0 Å². The Hall–Kier alpha value is -3.29. The first-order valence-electron chi connectivity index (χ1n) is 11.6. The number of rotatable bonds is 3. The van der Waals surface area contributed by atoms with Gasteiger partial charge < -0.3 is 14.4 Å². The van der Waals surface area contributed by atoms with E-state index in [0.29, 0.717) is 43.5 Å². The summed E-state index contributed by atoms with van der Waals surface area (Å²) >= 11 is 0. The average Bonchev–Trinajstić information content (AvgIpc) is 3.27. The van der Waals surface area contributed by atoms with Crippen LogP contribution in [0.15, 0.2) is 54.7 Å². The number of hydrogen-bond donors (Lipinski definition) is 0. The minimum absolute atomic E-state index is 0.113. The lowest BCUT2D eigenvalue weighted by Crippen LogP contribution is -2.49. The highest BCUT2D eigenvalue weighted by Gasteiger charge is 2.32. The summed E-state index contributed by atoms with van der Waals surface area (Å²) in [5, 5.41) is 0. The van der Waals surface area contributed by atoms with Crippen molar-refractivity contribution in [3.63, 3.8) is 0 Å². The monoisotopic (exact) mass is 468 g/mol. The quantitative estimate of drug-likeness (QED) is 0.549. The van der Waals surface area contributed by atoms with Crippen molar-refractivity contribution in [1.29, 1.82) is 0 Å². The van der Waals surface area contributed by atoms with Crippen molar-refractivity contribution in [2.45, 2.75) is 38.4 Å². The topological polar surface area (TPSA) is 41.4 Å². The highest BCUT2D eigenvalue weighted by atomic mass is 19.4. The molecule has 3 heterocycles. The molecule has 1 amide bonds. The maximum Gasteiger partial charge on any atom is 0.416 e. The molecule has 178 valence electrons. The zero-order chi connectivity index (χ0) is 23.9. The van der Waals surface area contributed by atoms with Crippen molar-refractivity contribution in [3.05, 3.63) is 82.9 Å². The molecule has 8 heteroatoms. The summed E-state index contributed by atoms with van der Waals surface area (Å²) in [5.41, 5.74) is 2.96. The number of carbonyl (C=O) groups excluding carboxylic acids is 1. The van der Waals surface area contributed by atoms with E-state index >= 15 is 0 Å². The Kier molecular flexibility index (Phi) is 5.83. The molecule has 3 aromatic rings. The van der Waals surface area contributed by atoms with Crippen LogP contribution in [0.1, 0.15) is 45.3 Å². The van der Waals surface area contributed by atoms with Gasteiger partial charge in [-0.05, 0) is 42.7 Å². The van der Waals surface area contributed by atoms with Crippen LogP contribution in [0.25, 0.3) is 0 Å². The fourth-order valence-electron chi connectivity index (χ4n) is 5.05. The van der Waals surface area contributed by atoms with Crippen molar-refractivity contribution in [2.75, 3.05) is 31.1 Å². The lowest BCUT2D eigenvalue weighted by Gasteiger charge is -2.36. The second kappa shape index (κ2) is 8.81. The van der Waals surface area contributed by atoms with Gasteiger partial charge in [-0.3, -0.25) is 4.79 Å². The number of amides is 1. The van der Waals surface area contributed by atoms with Gasteiger partial charge in [0.2, 0.25) is 0 Å². The zero-order valence-corrected chi connectivity index (χ0v) is 19.1. The first-order valence-corrected chi connectivity index (χ1v) is 11.6. The molecule has 1 saturated heterocycles. The second-order valence-electron chi connectivity index (χ2n) is 9.11. The van der Waals surface area contributed by atoms with Gasteiger partial charge >= 0.3 is 6.18 Å². The molecule has 2 aliphatic rings. The first-order chi connectivity index (χ1) is 16.3. The number of benzene rings is 2. The van der Waals surface area contributed by atoms with E-state index in [4.69, 9.17) is 0 Å². The SMILES string of the molecule is Cc1ccccc1[C@H]1CCc2nc(C(=O)N3CCN(c4cccc(C(F)(F)F)c4)CC3)cn2C1. The smallest absolute Gasteiger partial charge is 0.368 e. The molecule has 0 N–H and O–H groups in total. The third-order valence-corrected chi connectivity index (χ3v) is 6.95. The van der Waals surface area contributed by atoms with E-state index < -0.39 is 11.7 Å². The van der Waals surface area contributed by atoms with Gasteiger partial charge in [0.25, 0.3) is 5.91 Å². The summed E-state index contributed by atoms with van der Waals surface area (Å²) in [5.74, 6) is 1.23. The number of aryl methyl sites for hydroxylation is 2. The molecule has 1 aromatic heterocycles. The molecular formula is C26H27F3N4O. The third kappa shape index (κ3) is 4.41. The predicted molar refractivity (Wildman–Crippen MR) is 124 cm³/mol. The first kappa shape index (κ1) is 22.5. The summed E-state index contributed by atoms with van der Waals surface area (Å²) in [6.45, 7) is 4.80. The van der Waals surface area contributed by atoms with Crippen molar-refractivity contribution in [2.24, 2.45) is 0 Å². The molecule has 0 bridgehead atoms. The van der Waals surface area contributed by atoms with Crippen molar-refractivity contribution < 1.29 is 18.0 Å². The number of anilines is 1. The molecule has 0 aliphatic carbocycles. The van der Waals surface area contributed by atoms with Gasteiger partial charge in [0.05, 0.1) is 5.56 Å². The number of piperazine rings is 1. The lowest BCUT2D eigenvalue weighted by molar-refractivity contribution is -0.137. The van der Waals surface area contributed by atoms with E-state index in [1.165, 1.54) is 23.3 Å². The van der Waals surface area contributed by atoms with E-state index in [1.54, 1.807) is 11.0 Å². The molecule has 2 aliphatic heterocycles. The van der Waals surface area contributed by atoms with Crippen molar-refractivity contribution >= 4 is 11.6 Å². The maximum absolute atomic E-state index is 13.1.